The summed E-state index contributed by atoms with van der Waals surface area (Å²) in [5.41, 5.74) is 0.440. The van der Waals surface area contributed by atoms with Gasteiger partial charge in [-0.25, -0.2) is 9.97 Å². The van der Waals surface area contributed by atoms with Gasteiger partial charge in [-0.05, 0) is 25.3 Å². The van der Waals surface area contributed by atoms with Crippen molar-refractivity contribution in [3.05, 3.63) is 18.0 Å². The van der Waals surface area contributed by atoms with E-state index in [1.165, 1.54) is 6.42 Å². The first-order chi connectivity index (χ1) is 10.8. The van der Waals surface area contributed by atoms with Crippen molar-refractivity contribution >= 4 is 18.3 Å². The van der Waals surface area contributed by atoms with Gasteiger partial charge in [-0.15, -0.1) is 0 Å². The average Bonchev–Trinajstić information content (AvgIpc) is 2.62. The molecular weight excluding hydrogens is 282 g/mol. The smallest absolute Gasteiger partial charge is 0.272 e. The van der Waals surface area contributed by atoms with E-state index in [9.17, 15) is 9.59 Å². The minimum Gasteiger partial charge on any atom is -0.342 e. The van der Waals surface area contributed by atoms with Gasteiger partial charge < -0.3 is 14.7 Å². The quantitative estimate of drug-likeness (QED) is 0.755. The molecule has 0 N–H and O–H groups in total. The molecule has 1 aromatic heterocycles. The number of carbonyl (C=O) groups is 2. The molecule has 2 saturated heterocycles. The molecule has 2 amide bonds. The van der Waals surface area contributed by atoms with E-state index in [2.05, 4.69) is 14.9 Å². The van der Waals surface area contributed by atoms with Crippen LogP contribution in [-0.2, 0) is 4.79 Å². The number of anilines is 1. The highest BCUT2D eigenvalue weighted by molar-refractivity contribution is 5.92. The number of aromatic nitrogens is 2. The van der Waals surface area contributed by atoms with Crippen molar-refractivity contribution in [2.45, 2.75) is 19.3 Å². The molecule has 7 heteroatoms. The van der Waals surface area contributed by atoms with E-state index in [0.717, 1.165) is 32.3 Å². The molecule has 0 radical (unpaired) electrons. The highest BCUT2D eigenvalue weighted by atomic mass is 16.2. The summed E-state index contributed by atoms with van der Waals surface area (Å²) >= 11 is 0. The van der Waals surface area contributed by atoms with Crippen LogP contribution in [0.3, 0.4) is 0 Å². The number of hydrogen-bond acceptors (Lipinski definition) is 5. The van der Waals surface area contributed by atoms with Gasteiger partial charge in [0.15, 0.2) is 0 Å². The van der Waals surface area contributed by atoms with Crippen molar-refractivity contribution in [2.24, 2.45) is 0 Å². The van der Waals surface area contributed by atoms with Crippen LogP contribution >= 0.6 is 0 Å². The van der Waals surface area contributed by atoms with Crippen LogP contribution in [0.15, 0.2) is 12.3 Å². The van der Waals surface area contributed by atoms with Crippen molar-refractivity contribution in [2.75, 3.05) is 44.2 Å². The van der Waals surface area contributed by atoms with Crippen molar-refractivity contribution in [1.29, 1.82) is 0 Å². The highest BCUT2D eigenvalue weighted by Crippen LogP contribution is 2.16. The minimum atomic E-state index is -0.0776. The molecule has 2 aliphatic rings. The second-order valence-corrected chi connectivity index (χ2v) is 5.72. The van der Waals surface area contributed by atoms with Crippen LogP contribution in [-0.4, -0.2) is 71.4 Å². The molecule has 3 rings (SSSR count). The first kappa shape index (κ1) is 14.7. The van der Waals surface area contributed by atoms with Gasteiger partial charge in [0.1, 0.15) is 5.69 Å². The lowest BCUT2D eigenvalue weighted by Crippen LogP contribution is -2.48. The molecule has 0 bridgehead atoms. The largest absolute Gasteiger partial charge is 0.342 e. The Morgan fingerprint density at radius 1 is 1.05 bits per heavy atom. The zero-order valence-electron chi connectivity index (χ0n) is 12.6. The summed E-state index contributed by atoms with van der Waals surface area (Å²) in [5.74, 6) is 0.572. The summed E-state index contributed by atoms with van der Waals surface area (Å²) in [6.07, 6.45) is 6.04. The summed E-state index contributed by atoms with van der Waals surface area (Å²) in [6.45, 7) is 4.19. The summed E-state index contributed by atoms with van der Waals surface area (Å²) < 4.78 is 0. The van der Waals surface area contributed by atoms with Crippen molar-refractivity contribution < 1.29 is 9.59 Å². The molecule has 22 heavy (non-hydrogen) atoms. The molecule has 0 spiro atoms. The van der Waals surface area contributed by atoms with Gasteiger partial charge in [0, 0.05) is 45.5 Å². The molecule has 3 heterocycles. The predicted octanol–water partition coefficient (Wildman–Crippen LogP) is 0.381. The molecule has 118 valence electrons. The maximum Gasteiger partial charge on any atom is 0.272 e. The minimum absolute atomic E-state index is 0.0776. The Morgan fingerprint density at radius 3 is 2.45 bits per heavy atom. The van der Waals surface area contributed by atoms with Crippen LogP contribution in [0.5, 0.6) is 0 Å². The molecule has 0 saturated carbocycles. The number of nitrogens with zero attached hydrogens (tertiary/aromatic N) is 5. The maximum absolute atomic E-state index is 12.5. The van der Waals surface area contributed by atoms with Gasteiger partial charge in [0.25, 0.3) is 5.91 Å². The molecule has 0 atom stereocenters. The Kier molecular flexibility index (Phi) is 4.50. The van der Waals surface area contributed by atoms with Gasteiger partial charge in [-0.3, -0.25) is 9.59 Å². The lowest BCUT2D eigenvalue weighted by molar-refractivity contribution is -0.119. The first-order valence-electron chi connectivity index (χ1n) is 7.84. The van der Waals surface area contributed by atoms with Gasteiger partial charge >= 0.3 is 0 Å². The third kappa shape index (κ3) is 3.18. The fourth-order valence-electron chi connectivity index (χ4n) is 2.91. The fourth-order valence-corrected chi connectivity index (χ4v) is 2.91. The lowest BCUT2D eigenvalue weighted by atomic mass is 10.1. The van der Waals surface area contributed by atoms with Crippen LogP contribution in [0, 0.1) is 0 Å². The second-order valence-electron chi connectivity index (χ2n) is 5.72. The van der Waals surface area contributed by atoms with Gasteiger partial charge in [0.05, 0.1) is 0 Å². The summed E-state index contributed by atoms with van der Waals surface area (Å²) in [7, 11) is 0. The molecule has 0 aromatic carbocycles. The number of hydrogen-bond donors (Lipinski definition) is 0. The standard InChI is InChI=1S/C15H21N5O2/c21-12-18-8-10-19(11-9-18)14(22)13-4-5-16-15(17-13)20-6-2-1-3-7-20/h4-5,12H,1-3,6-11H2. The van der Waals surface area contributed by atoms with Crippen molar-refractivity contribution in [3.8, 4) is 0 Å². The Morgan fingerprint density at radius 2 is 1.77 bits per heavy atom. The number of piperazine rings is 1. The SMILES string of the molecule is O=CN1CCN(C(=O)c2ccnc(N3CCCCC3)n2)CC1. The number of piperidine rings is 1. The second kappa shape index (κ2) is 6.72. The molecule has 0 aliphatic carbocycles. The predicted molar refractivity (Wildman–Crippen MR) is 81.6 cm³/mol. The van der Waals surface area contributed by atoms with Gasteiger partial charge in [0.2, 0.25) is 12.4 Å². The Hall–Kier alpha value is -2.18. The third-order valence-corrected chi connectivity index (χ3v) is 4.25. The van der Waals surface area contributed by atoms with Gasteiger partial charge in [-0.2, -0.15) is 0 Å². The third-order valence-electron chi connectivity index (χ3n) is 4.25. The Labute approximate surface area is 129 Å². The van der Waals surface area contributed by atoms with E-state index in [1.807, 2.05) is 0 Å². The van der Waals surface area contributed by atoms with E-state index >= 15 is 0 Å². The van der Waals surface area contributed by atoms with Crippen LogP contribution in [0.2, 0.25) is 0 Å². The monoisotopic (exact) mass is 303 g/mol. The molecule has 7 nitrogen and oxygen atoms in total. The van der Waals surface area contributed by atoms with E-state index in [1.54, 1.807) is 22.1 Å². The zero-order valence-corrected chi connectivity index (χ0v) is 12.6. The van der Waals surface area contributed by atoms with E-state index < -0.39 is 0 Å². The van der Waals surface area contributed by atoms with Crippen LogP contribution in [0.25, 0.3) is 0 Å². The van der Waals surface area contributed by atoms with Crippen LogP contribution < -0.4 is 4.90 Å². The van der Waals surface area contributed by atoms with Gasteiger partial charge in [-0.1, -0.05) is 0 Å². The van der Waals surface area contributed by atoms with E-state index in [0.29, 0.717) is 37.8 Å². The highest BCUT2D eigenvalue weighted by Gasteiger charge is 2.23. The van der Waals surface area contributed by atoms with Crippen LogP contribution in [0.4, 0.5) is 5.95 Å². The summed E-state index contributed by atoms with van der Waals surface area (Å²) in [6, 6.07) is 1.67. The summed E-state index contributed by atoms with van der Waals surface area (Å²) in [4.78, 5) is 37.6. The van der Waals surface area contributed by atoms with Crippen LogP contribution in [0.1, 0.15) is 29.8 Å². The number of carbonyl (C=O) groups excluding carboxylic acids is 2. The van der Waals surface area contributed by atoms with E-state index in [-0.39, 0.29) is 5.91 Å². The maximum atomic E-state index is 12.5. The number of rotatable bonds is 3. The van der Waals surface area contributed by atoms with Crippen molar-refractivity contribution in [1.82, 2.24) is 19.8 Å². The molecule has 2 aliphatic heterocycles. The molecule has 0 unspecified atom stereocenters. The first-order valence-corrected chi connectivity index (χ1v) is 7.84. The lowest BCUT2D eigenvalue weighted by Gasteiger charge is -2.32. The molecular formula is C15H21N5O2. The zero-order chi connectivity index (χ0) is 15.4. The van der Waals surface area contributed by atoms with Crippen molar-refractivity contribution in [3.63, 3.8) is 0 Å². The fraction of sp³-hybridized carbons (Fsp3) is 0.600. The number of amides is 2. The average molecular weight is 303 g/mol. The summed E-state index contributed by atoms with van der Waals surface area (Å²) in [5, 5.41) is 0. The topological polar surface area (TPSA) is 69.6 Å². The Bertz CT molecular complexity index is 536. The molecule has 1 aromatic rings. The molecule has 2 fully saturated rings. The normalized spacial score (nSPS) is 19.2. The Balaban J connectivity index is 1.69. The van der Waals surface area contributed by atoms with E-state index in [4.69, 9.17) is 0 Å².